The molecule has 2 aliphatic carbocycles. The van der Waals surface area contributed by atoms with Gasteiger partial charge in [0.05, 0.1) is 0 Å². The van der Waals surface area contributed by atoms with Crippen LogP contribution in [0.3, 0.4) is 0 Å². The Hall–Kier alpha value is -1.48. The summed E-state index contributed by atoms with van der Waals surface area (Å²) in [6.07, 6.45) is 28.7. The molecule has 1 aromatic carbocycles. The predicted molar refractivity (Wildman–Crippen MR) is 145 cm³/mol. The van der Waals surface area contributed by atoms with Crippen LogP contribution in [0.1, 0.15) is 128 Å². The Labute approximate surface area is 206 Å². The average Bonchev–Trinajstić information content (AvgIpc) is 2.86. The lowest BCUT2D eigenvalue weighted by atomic mass is 9.75. The van der Waals surface area contributed by atoms with Crippen LogP contribution in [0.15, 0.2) is 36.4 Å². The lowest BCUT2D eigenvalue weighted by Gasteiger charge is -2.31. The third-order valence-corrected chi connectivity index (χ3v) is 8.50. The van der Waals surface area contributed by atoms with Crippen molar-refractivity contribution in [2.75, 3.05) is 0 Å². The first-order chi connectivity index (χ1) is 16.3. The minimum atomic E-state index is 0.755. The van der Waals surface area contributed by atoms with E-state index in [4.69, 9.17) is 0 Å². The average molecular weight is 447 g/mol. The molecular weight excluding hydrogens is 396 g/mol. The zero-order chi connectivity index (χ0) is 23.1. The summed E-state index contributed by atoms with van der Waals surface area (Å²) in [6.45, 7) is 4.59. The number of hydrogen-bond acceptors (Lipinski definition) is 0. The molecule has 0 saturated heterocycles. The van der Waals surface area contributed by atoms with Crippen LogP contribution in [0.2, 0.25) is 0 Å². The molecule has 0 heterocycles. The van der Waals surface area contributed by atoms with E-state index in [1.54, 1.807) is 0 Å². The van der Waals surface area contributed by atoms with Crippen LogP contribution in [0.25, 0.3) is 0 Å². The van der Waals surface area contributed by atoms with Crippen LogP contribution in [0.4, 0.5) is 0 Å². The highest BCUT2D eigenvalue weighted by Gasteiger charge is 2.23. The quantitative estimate of drug-likeness (QED) is 0.234. The number of rotatable bonds is 11. The van der Waals surface area contributed by atoms with E-state index in [2.05, 4.69) is 62.1 Å². The molecule has 33 heavy (non-hydrogen) atoms. The number of hydrogen-bond donors (Lipinski definition) is 0. The van der Waals surface area contributed by atoms with Crippen LogP contribution in [0, 0.1) is 35.5 Å². The normalized spacial score (nSPS) is 25.6. The second-order valence-corrected chi connectivity index (χ2v) is 11.2. The van der Waals surface area contributed by atoms with Gasteiger partial charge in [-0.2, -0.15) is 0 Å². The maximum absolute atomic E-state index is 3.32. The van der Waals surface area contributed by atoms with Gasteiger partial charge in [-0.3, -0.25) is 0 Å². The molecule has 0 heteroatoms. The second kappa shape index (κ2) is 15.4. The van der Waals surface area contributed by atoms with Gasteiger partial charge in [0, 0.05) is 5.56 Å². The third kappa shape index (κ3) is 10.1. The van der Waals surface area contributed by atoms with Gasteiger partial charge in [-0.05, 0) is 86.0 Å². The highest BCUT2D eigenvalue weighted by molar-refractivity contribution is 5.38. The summed E-state index contributed by atoms with van der Waals surface area (Å²) >= 11 is 0. The predicted octanol–water partition coefficient (Wildman–Crippen LogP) is 9.91. The van der Waals surface area contributed by atoms with Gasteiger partial charge in [-0.1, -0.05) is 115 Å². The van der Waals surface area contributed by atoms with E-state index in [1.165, 1.54) is 115 Å². The second-order valence-electron chi connectivity index (χ2n) is 11.2. The lowest BCUT2D eigenvalue weighted by Crippen LogP contribution is -2.17. The first-order valence-corrected chi connectivity index (χ1v) is 14.5. The molecule has 0 N–H and O–H groups in total. The monoisotopic (exact) mass is 446 g/mol. The molecule has 182 valence electrons. The summed E-state index contributed by atoms with van der Waals surface area (Å²) in [7, 11) is 0. The molecule has 0 spiro atoms. The molecule has 0 bridgehead atoms. The Bertz CT molecular complexity index is 712. The van der Waals surface area contributed by atoms with Gasteiger partial charge in [0.25, 0.3) is 0 Å². The Kier molecular flexibility index (Phi) is 12.2. The van der Waals surface area contributed by atoms with Crippen molar-refractivity contribution in [1.82, 2.24) is 0 Å². The summed E-state index contributed by atoms with van der Waals surface area (Å²) in [4.78, 5) is 0. The SMILES string of the molecule is CCCCCc1ccc(C#CC=C[C@H]2CC[C@H](CC[C@H]3CC[C@H](CCCC)CC3)CC2)cc1. The number of aryl methyl sites for hydroxylation is 1. The fourth-order valence-electron chi connectivity index (χ4n) is 6.09. The van der Waals surface area contributed by atoms with Crippen molar-refractivity contribution >= 4 is 0 Å². The fraction of sp³-hybridized carbons (Fsp3) is 0.697. The molecule has 0 radical (unpaired) electrons. The third-order valence-electron chi connectivity index (χ3n) is 8.50. The van der Waals surface area contributed by atoms with Crippen molar-refractivity contribution in [3.05, 3.63) is 47.5 Å². The van der Waals surface area contributed by atoms with Crippen LogP contribution < -0.4 is 0 Å². The van der Waals surface area contributed by atoms with Crippen molar-refractivity contribution in [3.63, 3.8) is 0 Å². The minimum absolute atomic E-state index is 0.755. The Morgan fingerprint density at radius 1 is 0.697 bits per heavy atom. The summed E-state index contributed by atoms with van der Waals surface area (Å²) in [5, 5.41) is 0. The molecule has 1 aromatic rings. The molecule has 0 atom stereocenters. The molecule has 2 aliphatic rings. The molecule has 0 aliphatic heterocycles. The van der Waals surface area contributed by atoms with Crippen LogP contribution >= 0.6 is 0 Å². The smallest absolute Gasteiger partial charge is 0.0249 e. The number of unbranched alkanes of at least 4 members (excludes halogenated alkanes) is 3. The topological polar surface area (TPSA) is 0 Å². The summed E-state index contributed by atoms with van der Waals surface area (Å²) in [6, 6.07) is 8.88. The van der Waals surface area contributed by atoms with Crippen molar-refractivity contribution in [2.24, 2.45) is 23.7 Å². The zero-order valence-electron chi connectivity index (χ0n) is 21.8. The van der Waals surface area contributed by atoms with Crippen molar-refractivity contribution < 1.29 is 0 Å². The number of allylic oxidation sites excluding steroid dienone is 2. The Morgan fingerprint density at radius 3 is 1.88 bits per heavy atom. The highest BCUT2D eigenvalue weighted by Crippen LogP contribution is 2.37. The largest absolute Gasteiger partial charge is 0.0730 e. The molecule has 0 amide bonds. The van der Waals surface area contributed by atoms with Gasteiger partial charge in [-0.15, -0.1) is 0 Å². The summed E-state index contributed by atoms with van der Waals surface area (Å²) < 4.78 is 0. The Morgan fingerprint density at radius 2 is 1.27 bits per heavy atom. The van der Waals surface area contributed by atoms with E-state index in [1.807, 2.05) is 0 Å². The van der Waals surface area contributed by atoms with Crippen LogP contribution in [-0.2, 0) is 6.42 Å². The molecule has 2 saturated carbocycles. The molecule has 0 aromatic heterocycles. The van der Waals surface area contributed by atoms with E-state index in [9.17, 15) is 0 Å². The van der Waals surface area contributed by atoms with Gasteiger partial charge in [-0.25, -0.2) is 0 Å². The van der Waals surface area contributed by atoms with Crippen molar-refractivity contribution in [2.45, 2.75) is 123 Å². The summed E-state index contributed by atoms with van der Waals surface area (Å²) in [5.41, 5.74) is 2.59. The molecule has 3 rings (SSSR count). The zero-order valence-corrected chi connectivity index (χ0v) is 21.8. The van der Waals surface area contributed by atoms with Gasteiger partial charge >= 0.3 is 0 Å². The molecule has 2 fully saturated rings. The number of benzene rings is 1. The van der Waals surface area contributed by atoms with Crippen LogP contribution in [-0.4, -0.2) is 0 Å². The fourth-order valence-corrected chi connectivity index (χ4v) is 6.09. The van der Waals surface area contributed by atoms with E-state index in [-0.39, 0.29) is 0 Å². The first-order valence-electron chi connectivity index (χ1n) is 14.5. The van der Waals surface area contributed by atoms with E-state index >= 15 is 0 Å². The van der Waals surface area contributed by atoms with E-state index in [0.29, 0.717) is 0 Å². The van der Waals surface area contributed by atoms with Gasteiger partial charge < -0.3 is 0 Å². The Balaban J connectivity index is 1.28. The maximum Gasteiger partial charge on any atom is 0.0249 e. The van der Waals surface area contributed by atoms with E-state index in [0.717, 1.165) is 29.2 Å². The molecular formula is C33H50. The van der Waals surface area contributed by atoms with Crippen molar-refractivity contribution in [1.29, 1.82) is 0 Å². The standard InChI is InChI=1S/C33H50/c1-3-5-7-11-29-14-16-30(17-15-29)12-8-9-13-31-20-24-33(25-21-31)27-26-32-22-18-28(19-23-32)10-6-4-2/h9,13-17,28,31-33H,3-7,10-11,18-27H2,1-2H3/t28-,31-,32-,33-. The molecule has 0 unspecified atom stereocenters. The maximum atomic E-state index is 3.32. The lowest BCUT2D eigenvalue weighted by molar-refractivity contribution is 0.220. The minimum Gasteiger partial charge on any atom is -0.0730 e. The van der Waals surface area contributed by atoms with Gasteiger partial charge in [0.2, 0.25) is 0 Å². The van der Waals surface area contributed by atoms with Gasteiger partial charge in [0.15, 0.2) is 0 Å². The van der Waals surface area contributed by atoms with E-state index < -0.39 is 0 Å². The molecule has 0 nitrogen and oxygen atoms in total. The van der Waals surface area contributed by atoms with Crippen LogP contribution in [0.5, 0.6) is 0 Å². The van der Waals surface area contributed by atoms with Crippen molar-refractivity contribution in [3.8, 4) is 11.8 Å². The summed E-state index contributed by atoms with van der Waals surface area (Å²) in [5.74, 6) is 10.5. The highest BCUT2D eigenvalue weighted by atomic mass is 14.3. The van der Waals surface area contributed by atoms with Gasteiger partial charge in [0.1, 0.15) is 0 Å². The first kappa shape index (κ1) is 26.1.